The van der Waals surface area contributed by atoms with E-state index >= 15 is 0 Å². The van der Waals surface area contributed by atoms with E-state index in [1.807, 2.05) is 12.1 Å². The van der Waals surface area contributed by atoms with E-state index < -0.39 is 40.4 Å². The number of benzene rings is 2. The molecule has 0 aromatic heterocycles. The minimum absolute atomic E-state index is 0.0328. The SMILES string of the molecule is CC(=O)N[C@@H](Cc1cc(F)cc(F)c1)[C@H](O)CN[C@@H]1CS(O)(O)Cc2ccc(C(C)C)cc21. The number of halogens is 2. The van der Waals surface area contributed by atoms with E-state index in [-0.39, 0.29) is 30.4 Å². The zero-order chi connectivity index (χ0) is 24.3. The summed E-state index contributed by atoms with van der Waals surface area (Å²) in [5.41, 5.74) is 3.25. The third-order valence-corrected chi connectivity index (χ3v) is 7.48. The summed E-state index contributed by atoms with van der Waals surface area (Å²) in [5.74, 6) is -1.22. The second-order valence-electron chi connectivity index (χ2n) is 9.04. The largest absolute Gasteiger partial charge is 0.390 e. The highest BCUT2D eigenvalue weighted by molar-refractivity contribution is 8.23. The lowest BCUT2D eigenvalue weighted by atomic mass is 9.94. The Morgan fingerprint density at radius 2 is 1.82 bits per heavy atom. The van der Waals surface area contributed by atoms with Crippen molar-refractivity contribution in [2.24, 2.45) is 0 Å². The molecule has 3 rings (SSSR count). The summed E-state index contributed by atoms with van der Waals surface area (Å²) < 4.78 is 48.0. The first kappa shape index (κ1) is 25.6. The fourth-order valence-electron chi connectivity index (χ4n) is 4.19. The molecule has 6 nitrogen and oxygen atoms in total. The van der Waals surface area contributed by atoms with Crippen molar-refractivity contribution in [2.45, 2.75) is 57.1 Å². The summed E-state index contributed by atoms with van der Waals surface area (Å²) in [5, 5.41) is 16.7. The molecule has 2 aromatic carbocycles. The van der Waals surface area contributed by atoms with Gasteiger partial charge in [-0.25, -0.2) is 8.78 Å². The maximum atomic E-state index is 13.6. The van der Waals surface area contributed by atoms with Crippen LogP contribution in [0.5, 0.6) is 0 Å². The Hall–Kier alpha value is -2.04. The van der Waals surface area contributed by atoms with Crippen LogP contribution >= 0.6 is 10.6 Å². The van der Waals surface area contributed by atoms with E-state index in [1.54, 1.807) is 0 Å². The molecule has 9 heteroatoms. The molecular formula is C24H32F2N2O4S. The van der Waals surface area contributed by atoms with Crippen LogP contribution < -0.4 is 10.6 Å². The average molecular weight is 483 g/mol. The van der Waals surface area contributed by atoms with E-state index in [0.29, 0.717) is 11.5 Å². The number of aliphatic hydroxyl groups excluding tert-OH is 1. The van der Waals surface area contributed by atoms with Crippen molar-refractivity contribution in [3.8, 4) is 0 Å². The highest BCUT2D eigenvalue weighted by atomic mass is 32.3. The van der Waals surface area contributed by atoms with Gasteiger partial charge in [0.1, 0.15) is 11.6 Å². The van der Waals surface area contributed by atoms with Crippen LogP contribution in [0.2, 0.25) is 0 Å². The number of carbonyl (C=O) groups excluding carboxylic acids is 1. The highest BCUT2D eigenvalue weighted by Gasteiger charge is 2.31. The molecule has 2 aromatic rings. The quantitative estimate of drug-likeness (QED) is 0.390. The number of nitrogens with one attached hydrogen (secondary N) is 2. The summed E-state index contributed by atoms with van der Waals surface area (Å²) in [6.45, 7) is 5.50. The molecular weight excluding hydrogens is 450 g/mol. The first-order chi connectivity index (χ1) is 15.4. The van der Waals surface area contributed by atoms with Crippen LogP contribution in [0, 0.1) is 11.6 Å². The van der Waals surface area contributed by atoms with E-state index in [9.17, 15) is 27.8 Å². The molecule has 0 radical (unpaired) electrons. The predicted octanol–water partition coefficient (Wildman–Crippen LogP) is 4.09. The third-order valence-electron chi connectivity index (χ3n) is 5.84. The summed E-state index contributed by atoms with van der Waals surface area (Å²) >= 11 is 0. The van der Waals surface area contributed by atoms with Gasteiger partial charge >= 0.3 is 0 Å². The monoisotopic (exact) mass is 482 g/mol. The Kier molecular flexibility index (Phi) is 8.13. The molecule has 0 unspecified atom stereocenters. The summed E-state index contributed by atoms with van der Waals surface area (Å²) in [6, 6.07) is 7.87. The Labute approximate surface area is 194 Å². The van der Waals surface area contributed by atoms with Gasteiger partial charge in [-0.3, -0.25) is 13.9 Å². The lowest BCUT2D eigenvalue weighted by Gasteiger charge is -2.42. The second kappa shape index (κ2) is 10.5. The zero-order valence-electron chi connectivity index (χ0n) is 19.0. The Bertz CT molecular complexity index is 982. The minimum Gasteiger partial charge on any atom is -0.390 e. The lowest BCUT2D eigenvalue weighted by Crippen LogP contribution is -2.49. The van der Waals surface area contributed by atoms with Crippen LogP contribution in [0.4, 0.5) is 8.78 Å². The molecule has 0 spiro atoms. The smallest absolute Gasteiger partial charge is 0.217 e. The third kappa shape index (κ3) is 6.97. The van der Waals surface area contributed by atoms with Gasteiger partial charge in [0, 0.05) is 19.5 Å². The van der Waals surface area contributed by atoms with Crippen LogP contribution in [0.25, 0.3) is 0 Å². The van der Waals surface area contributed by atoms with Crippen LogP contribution in [-0.2, 0) is 17.0 Å². The van der Waals surface area contributed by atoms with Gasteiger partial charge in [0.15, 0.2) is 0 Å². The van der Waals surface area contributed by atoms with Crippen LogP contribution in [-0.4, -0.2) is 44.6 Å². The van der Waals surface area contributed by atoms with Gasteiger partial charge < -0.3 is 15.7 Å². The van der Waals surface area contributed by atoms with Gasteiger partial charge in [0.25, 0.3) is 0 Å². The van der Waals surface area contributed by atoms with E-state index in [1.165, 1.54) is 6.92 Å². The topological polar surface area (TPSA) is 102 Å². The molecule has 0 aliphatic carbocycles. The number of rotatable bonds is 8. The number of hydrogen-bond acceptors (Lipinski definition) is 5. The maximum absolute atomic E-state index is 13.6. The molecule has 0 fully saturated rings. The molecule has 0 bridgehead atoms. The molecule has 0 saturated carbocycles. The number of carbonyl (C=O) groups is 1. The Balaban J connectivity index is 1.77. The first-order valence-corrected chi connectivity index (χ1v) is 12.8. The first-order valence-electron chi connectivity index (χ1n) is 10.9. The number of hydrogen-bond donors (Lipinski definition) is 5. The fraction of sp³-hybridized carbons (Fsp3) is 0.458. The van der Waals surface area contributed by atoms with Crippen LogP contribution in [0.1, 0.15) is 55.0 Å². The maximum Gasteiger partial charge on any atom is 0.217 e. The van der Waals surface area contributed by atoms with Gasteiger partial charge in [0.2, 0.25) is 5.91 Å². The second-order valence-corrected chi connectivity index (χ2v) is 11.3. The molecule has 5 N–H and O–H groups in total. The molecule has 0 saturated heterocycles. The molecule has 1 heterocycles. The van der Waals surface area contributed by atoms with E-state index in [4.69, 9.17) is 0 Å². The Morgan fingerprint density at radius 1 is 1.15 bits per heavy atom. The van der Waals surface area contributed by atoms with Gasteiger partial charge in [-0.2, -0.15) is 10.6 Å². The van der Waals surface area contributed by atoms with Gasteiger partial charge in [-0.1, -0.05) is 32.0 Å². The van der Waals surface area contributed by atoms with Crippen molar-refractivity contribution < 1.29 is 27.8 Å². The standard InChI is InChI=1S/C24H32F2N2O4S/c1-14(2)17-4-5-18-12-33(31,32)13-23(21(18)9-17)27-11-24(30)22(28-15(3)29)8-16-6-19(25)10-20(26)7-16/h4-7,9-10,14,22-24,27,30-32H,8,11-13H2,1-3H3,(H,28,29)/t22-,23+,24+/m0/s1. The van der Waals surface area contributed by atoms with E-state index in [0.717, 1.165) is 34.9 Å². The lowest BCUT2D eigenvalue weighted by molar-refractivity contribution is -0.120. The van der Waals surface area contributed by atoms with Crippen molar-refractivity contribution in [2.75, 3.05) is 12.3 Å². The predicted molar refractivity (Wildman–Crippen MR) is 126 cm³/mol. The molecule has 1 aliphatic rings. The summed E-state index contributed by atoms with van der Waals surface area (Å²) in [7, 11) is -2.82. The average Bonchev–Trinajstić information content (AvgIpc) is 2.69. The highest BCUT2D eigenvalue weighted by Crippen LogP contribution is 2.51. The number of aliphatic hydroxyl groups is 1. The van der Waals surface area contributed by atoms with Crippen molar-refractivity contribution in [3.63, 3.8) is 0 Å². The van der Waals surface area contributed by atoms with Crippen molar-refractivity contribution in [3.05, 3.63) is 70.3 Å². The zero-order valence-corrected chi connectivity index (χ0v) is 19.8. The number of amides is 1. The van der Waals surface area contributed by atoms with Crippen molar-refractivity contribution in [1.29, 1.82) is 0 Å². The normalized spacial score (nSPS) is 20.1. The number of fused-ring (bicyclic) bond motifs is 1. The van der Waals surface area contributed by atoms with Gasteiger partial charge in [0.05, 0.1) is 29.7 Å². The molecule has 182 valence electrons. The Morgan fingerprint density at radius 3 is 2.42 bits per heavy atom. The van der Waals surface area contributed by atoms with Crippen LogP contribution in [0.15, 0.2) is 36.4 Å². The molecule has 1 aliphatic heterocycles. The van der Waals surface area contributed by atoms with Gasteiger partial charge in [-0.15, -0.1) is 0 Å². The van der Waals surface area contributed by atoms with Gasteiger partial charge in [-0.05, 0) is 46.7 Å². The minimum atomic E-state index is -2.82. The molecule has 3 atom stereocenters. The molecule has 33 heavy (non-hydrogen) atoms. The van der Waals surface area contributed by atoms with Crippen molar-refractivity contribution >= 4 is 16.5 Å². The summed E-state index contributed by atoms with van der Waals surface area (Å²) in [6.07, 6.45) is -1.05. The molecule has 1 amide bonds. The summed E-state index contributed by atoms with van der Waals surface area (Å²) in [4.78, 5) is 11.7. The van der Waals surface area contributed by atoms with Crippen molar-refractivity contribution in [1.82, 2.24) is 10.6 Å². The fourth-order valence-corrected chi connectivity index (χ4v) is 5.90. The van der Waals surface area contributed by atoms with E-state index in [2.05, 4.69) is 30.5 Å². The van der Waals surface area contributed by atoms with Crippen LogP contribution in [0.3, 0.4) is 0 Å².